The number of aromatic hydroxyl groups is 1. The van der Waals surface area contributed by atoms with E-state index in [4.69, 9.17) is 4.74 Å². The molecule has 2 heterocycles. The van der Waals surface area contributed by atoms with Crippen molar-refractivity contribution in [2.24, 2.45) is 0 Å². The molecule has 0 saturated carbocycles. The molecule has 3 N–H and O–H groups in total. The van der Waals surface area contributed by atoms with Crippen LogP contribution in [0.5, 0.6) is 11.5 Å². The second-order valence-corrected chi connectivity index (χ2v) is 10.7. The van der Waals surface area contributed by atoms with Crippen molar-refractivity contribution in [3.8, 4) is 28.7 Å². The van der Waals surface area contributed by atoms with Gasteiger partial charge in [0, 0.05) is 22.4 Å². The first-order valence-corrected chi connectivity index (χ1v) is 13.5. The fraction of sp³-hybridized carbons (Fsp3) is 0.129. The summed E-state index contributed by atoms with van der Waals surface area (Å²) in [5.41, 5.74) is 2.12. The molecule has 5 rings (SSSR count). The van der Waals surface area contributed by atoms with Crippen LogP contribution in [0.4, 0.5) is 5.00 Å². The molecule has 42 heavy (non-hydrogen) atoms. The summed E-state index contributed by atoms with van der Waals surface area (Å²) in [5.74, 6) is -2.66. The molecule has 0 bridgehead atoms. The Morgan fingerprint density at radius 3 is 2.31 bits per heavy atom. The molecule has 0 aliphatic carbocycles. The summed E-state index contributed by atoms with van der Waals surface area (Å²) in [6.07, 6.45) is -0.0390. The largest absolute Gasteiger partial charge is 0.508 e. The number of carbonyl (C=O) groups is 4. The van der Waals surface area contributed by atoms with Gasteiger partial charge >= 0.3 is 5.97 Å². The first-order chi connectivity index (χ1) is 20.1. The van der Waals surface area contributed by atoms with E-state index in [2.05, 4.69) is 11.4 Å². The van der Waals surface area contributed by atoms with Crippen molar-refractivity contribution < 1.29 is 34.1 Å². The minimum atomic E-state index is -1.28. The van der Waals surface area contributed by atoms with E-state index in [1.807, 2.05) is 0 Å². The average Bonchev–Trinajstić information content (AvgIpc) is 3.44. The summed E-state index contributed by atoms with van der Waals surface area (Å²) in [6.45, 7) is 1.80. The Morgan fingerprint density at radius 2 is 1.69 bits per heavy atom. The number of imide groups is 1. The maximum atomic E-state index is 13.5. The summed E-state index contributed by atoms with van der Waals surface area (Å²) in [5, 5.41) is 31.8. The zero-order valence-corrected chi connectivity index (χ0v) is 23.2. The molecular weight excluding hydrogens is 558 g/mol. The number of aryl methyl sites for hydroxylation is 1. The van der Waals surface area contributed by atoms with E-state index >= 15 is 0 Å². The lowest BCUT2D eigenvalue weighted by Crippen LogP contribution is -2.42. The van der Waals surface area contributed by atoms with Crippen molar-refractivity contribution in [1.82, 2.24) is 5.32 Å². The number of fused-ring (bicyclic) bond motifs is 1. The minimum Gasteiger partial charge on any atom is -0.508 e. The molecule has 1 aromatic heterocycles. The van der Waals surface area contributed by atoms with Crippen molar-refractivity contribution in [1.29, 1.82) is 5.26 Å². The molecule has 1 aliphatic rings. The van der Waals surface area contributed by atoms with Crippen LogP contribution in [0, 0.1) is 18.3 Å². The number of phenolic OH excluding ortho intramolecular Hbond substituents is 1. The lowest BCUT2D eigenvalue weighted by atomic mass is 10.0. The Balaban J connectivity index is 1.42. The van der Waals surface area contributed by atoms with Gasteiger partial charge in [-0.2, -0.15) is 5.26 Å². The van der Waals surface area contributed by atoms with E-state index in [1.165, 1.54) is 30.3 Å². The molecule has 10 nitrogen and oxygen atoms in total. The lowest BCUT2D eigenvalue weighted by molar-refractivity contribution is -0.139. The predicted molar refractivity (Wildman–Crippen MR) is 154 cm³/mol. The fourth-order valence-corrected chi connectivity index (χ4v) is 5.89. The van der Waals surface area contributed by atoms with Crippen LogP contribution in [0.25, 0.3) is 11.1 Å². The Hall–Kier alpha value is -5.47. The maximum absolute atomic E-state index is 13.5. The molecule has 1 aliphatic heterocycles. The first-order valence-electron chi connectivity index (χ1n) is 12.6. The molecule has 0 saturated heterocycles. The van der Waals surface area contributed by atoms with Crippen LogP contribution < -0.4 is 15.0 Å². The number of hydrogen-bond donors (Lipinski definition) is 3. The summed E-state index contributed by atoms with van der Waals surface area (Å²) in [7, 11) is 1.54. The van der Waals surface area contributed by atoms with Crippen LogP contribution in [0.15, 0.2) is 66.7 Å². The summed E-state index contributed by atoms with van der Waals surface area (Å²) in [4.78, 5) is 53.5. The molecule has 0 spiro atoms. The number of ether oxygens (including phenoxy) is 1. The van der Waals surface area contributed by atoms with Gasteiger partial charge in [0.2, 0.25) is 0 Å². The van der Waals surface area contributed by atoms with Crippen LogP contribution in [-0.2, 0) is 11.2 Å². The van der Waals surface area contributed by atoms with Crippen LogP contribution >= 0.6 is 11.3 Å². The number of benzene rings is 3. The Kier molecular flexibility index (Phi) is 7.48. The number of aliphatic carboxylic acids is 1. The van der Waals surface area contributed by atoms with Crippen molar-refractivity contribution in [2.75, 3.05) is 12.0 Å². The van der Waals surface area contributed by atoms with E-state index in [0.717, 1.165) is 26.7 Å². The SMILES string of the molecule is COc1ccc(-c2c(C)sc(N3C(=O)c4ccc(C(=O)NC(Cc5ccc(O)cc5)C(=O)O)cc4C3=O)c2C#N)cc1. The molecule has 1 atom stereocenters. The smallest absolute Gasteiger partial charge is 0.326 e. The monoisotopic (exact) mass is 581 g/mol. The summed E-state index contributed by atoms with van der Waals surface area (Å²) < 4.78 is 5.21. The van der Waals surface area contributed by atoms with Crippen molar-refractivity contribution in [2.45, 2.75) is 19.4 Å². The third-order valence-corrected chi connectivity index (χ3v) is 7.98. The fourth-order valence-electron chi connectivity index (χ4n) is 4.77. The third-order valence-electron chi connectivity index (χ3n) is 6.89. The summed E-state index contributed by atoms with van der Waals surface area (Å²) in [6, 6.07) is 17.8. The van der Waals surface area contributed by atoms with E-state index < -0.39 is 29.7 Å². The quantitative estimate of drug-likeness (QED) is 0.256. The predicted octanol–water partition coefficient (Wildman–Crippen LogP) is 4.54. The summed E-state index contributed by atoms with van der Waals surface area (Å²) >= 11 is 1.14. The van der Waals surface area contributed by atoms with Gasteiger partial charge in [0.05, 0.1) is 23.8 Å². The average molecular weight is 582 g/mol. The number of amides is 3. The molecule has 3 aromatic carbocycles. The molecule has 210 valence electrons. The number of rotatable bonds is 8. The number of methoxy groups -OCH3 is 1. The highest BCUT2D eigenvalue weighted by molar-refractivity contribution is 7.17. The van der Waals surface area contributed by atoms with Gasteiger partial charge < -0.3 is 20.3 Å². The zero-order chi connectivity index (χ0) is 30.1. The number of hydrogen-bond acceptors (Lipinski definition) is 8. The number of phenols is 1. The van der Waals surface area contributed by atoms with Gasteiger partial charge in [0.15, 0.2) is 0 Å². The van der Waals surface area contributed by atoms with Crippen molar-refractivity contribution >= 4 is 40.0 Å². The second kappa shape index (κ2) is 11.2. The van der Waals surface area contributed by atoms with Gasteiger partial charge in [-0.15, -0.1) is 11.3 Å². The number of carboxylic acids is 1. The van der Waals surface area contributed by atoms with Crippen LogP contribution in [0.2, 0.25) is 0 Å². The zero-order valence-electron chi connectivity index (χ0n) is 22.4. The molecule has 0 radical (unpaired) electrons. The normalized spacial score (nSPS) is 12.9. The van der Waals surface area contributed by atoms with Crippen LogP contribution in [0.1, 0.15) is 47.1 Å². The van der Waals surface area contributed by atoms with Gasteiger partial charge in [-0.05, 0) is 60.5 Å². The lowest BCUT2D eigenvalue weighted by Gasteiger charge is -2.15. The van der Waals surface area contributed by atoms with Gasteiger partial charge in [-0.25, -0.2) is 9.69 Å². The number of nitriles is 1. The van der Waals surface area contributed by atoms with Crippen molar-refractivity contribution in [3.63, 3.8) is 0 Å². The van der Waals surface area contributed by atoms with Gasteiger partial charge in [-0.1, -0.05) is 24.3 Å². The maximum Gasteiger partial charge on any atom is 0.326 e. The minimum absolute atomic E-state index is 0.00417. The highest BCUT2D eigenvalue weighted by atomic mass is 32.1. The Bertz CT molecular complexity index is 1790. The number of carbonyl (C=O) groups excluding carboxylic acids is 3. The first kappa shape index (κ1) is 28.1. The van der Waals surface area contributed by atoms with E-state index in [9.17, 15) is 34.7 Å². The van der Waals surface area contributed by atoms with E-state index in [0.29, 0.717) is 16.9 Å². The Morgan fingerprint density at radius 1 is 1.02 bits per heavy atom. The topological polar surface area (TPSA) is 157 Å². The van der Waals surface area contributed by atoms with Gasteiger partial charge in [0.25, 0.3) is 17.7 Å². The van der Waals surface area contributed by atoms with E-state index in [-0.39, 0.29) is 39.4 Å². The number of thiophene rings is 1. The highest BCUT2D eigenvalue weighted by Gasteiger charge is 2.40. The molecule has 4 aromatic rings. The molecule has 0 fully saturated rings. The second-order valence-electron chi connectivity index (χ2n) is 9.49. The Labute approximate surface area is 244 Å². The highest BCUT2D eigenvalue weighted by Crippen LogP contribution is 2.44. The molecule has 1 unspecified atom stereocenters. The molecule has 11 heteroatoms. The van der Waals surface area contributed by atoms with Crippen molar-refractivity contribution in [3.05, 3.63) is 99.4 Å². The van der Waals surface area contributed by atoms with Crippen LogP contribution in [-0.4, -0.2) is 47.1 Å². The number of nitrogens with one attached hydrogen (secondary N) is 1. The molecular formula is C31H23N3O7S. The third kappa shape index (κ3) is 5.07. The van der Waals surface area contributed by atoms with E-state index in [1.54, 1.807) is 50.4 Å². The van der Waals surface area contributed by atoms with Gasteiger partial charge in [0.1, 0.15) is 28.6 Å². The van der Waals surface area contributed by atoms with Gasteiger partial charge in [-0.3, -0.25) is 14.4 Å². The molecule has 3 amide bonds. The number of carboxylic acid groups (broad SMARTS) is 1. The number of nitrogens with zero attached hydrogens (tertiary/aromatic N) is 2. The van der Waals surface area contributed by atoms with Crippen LogP contribution in [0.3, 0.4) is 0 Å². The number of anilines is 1. The standard InChI is InChI=1S/C31H23N3O7S/c1-16-26(18-5-10-21(41-2)11-6-18)24(15-32)30(42-16)34-28(37)22-12-7-19(14-23(22)29(34)38)27(36)33-25(31(39)40)13-17-3-8-20(35)9-4-17/h3-12,14,25,35H,13H2,1-2H3,(H,33,36)(H,39,40).